The van der Waals surface area contributed by atoms with Crippen molar-refractivity contribution in [2.24, 2.45) is 0 Å². The summed E-state index contributed by atoms with van der Waals surface area (Å²) in [7, 11) is 0. The Balaban J connectivity index is 1.67. The van der Waals surface area contributed by atoms with E-state index in [0.29, 0.717) is 46.6 Å². The second kappa shape index (κ2) is 7.49. The molecule has 0 bridgehead atoms. The van der Waals surface area contributed by atoms with Crippen LogP contribution in [0.5, 0.6) is 0 Å². The zero-order chi connectivity index (χ0) is 25.7. The molecule has 2 aliphatic heterocycles. The SMILES string of the molecule is C=C1OCc2c(cc3n(c2=O)Cc2c-3nc3cc(F)c(C)c4c3c2[C@@H](NC(C)(C)C)CC4)[C@@]1(O)CC. The number of hydrogen-bond donors (Lipinski definition) is 2. The van der Waals surface area contributed by atoms with Gasteiger partial charge in [0.05, 0.1) is 29.0 Å². The Morgan fingerprint density at radius 2 is 2.06 bits per heavy atom. The summed E-state index contributed by atoms with van der Waals surface area (Å²) in [6.07, 6.45) is 1.94. The average Bonchev–Trinajstić information content (AvgIpc) is 3.18. The number of pyridine rings is 2. The van der Waals surface area contributed by atoms with Gasteiger partial charge in [-0.2, -0.15) is 0 Å². The van der Waals surface area contributed by atoms with Crippen molar-refractivity contribution in [3.63, 3.8) is 0 Å². The number of rotatable bonds is 2. The summed E-state index contributed by atoms with van der Waals surface area (Å²) in [5.41, 5.74) is 4.96. The molecule has 1 aliphatic carbocycles. The van der Waals surface area contributed by atoms with Gasteiger partial charge in [-0.05, 0) is 69.7 Å². The molecule has 7 heteroatoms. The first-order chi connectivity index (χ1) is 16.9. The van der Waals surface area contributed by atoms with Gasteiger partial charge in [0.15, 0.2) is 0 Å². The van der Waals surface area contributed by atoms with Gasteiger partial charge in [0.2, 0.25) is 0 Å². The van der Waals surface area contributed by atoms with Crippen molar-refractivity contribution in [2.45, 2.75) is 84.2 Å². The summed E-state index contributed by atoms with van der Waals surface area (Å²) < 4.78 is 22.3. The molecule has 4 heterocycles. The maximum Gasteiger partial charge on any atom is 0.258 e. The molecule has 2 atom stereocenters. The number of aryl methyl sites for hydroxylation is 1. The van der Waals surface area contributed by atoms with Crippen molar-refractivity contribution in [2.75, 3.05) is 0 Å². The van der Waals surface area contributed by atoms with Gasteiger partial charge in [0.25, 0.3) is 5.56 Å². The van der Waals surface area contributed by atoms with Gasteiger partial charge in [-0.15, -0.1) is 0 Å². The molecule has 0 fully saturated rings. The van der Waals surface area contributed by atoms with E-state index >= 15 is 0 Å². The molecule has 0 saturated heterocycles. The maximum atomic E-state index is 15.0. The molecule has 0 spiro atoms. The molecule has 1 aromatic carbocycles. The van der Waals surface area contributed by atoms with Gasteiger partial charge in [-0.25, -0.2) is 9.37 Å². The Hall–Kier alpha value is -3.03. The molecule has 6 rings (SSSR count). The third-order valence-corrected chi connectivity index (χ3v) is 8.15. The topological polar surface area (TPSA) is 76.4 Å². The van der Waals surface area contributed by atoms with Crippen LogP contribution in [0, 0.1) is 12.7 Å². The highest BCUT2D eigenvalue weighted by molar-refractivity contribution is 5.93. The van der Waals surface area contributed by atoms with Gasteiger partial charge in [-0.1, -0.05) is 13.5 Å². The second-order valence-electron chi connectivity index (χ2n) is 11.4. The fraction of sp³-hybridized carbons (Fsp3) is 0.448. The molecule has 0 saturated carbocycles. The zero-order valence-electron chi connectivity index (χ0n) is 21.5. The molecule has 2 aromatic heterocycles. The monoisotopic (exact) mass is 489 g/mol. The number of ether oxygens (including phenoxy) is 1. The van der Waals surface area contributed by atoms with Crippen LogP contribution in [-0.2, 0) is 29.9 Å². The molecule has 0 unspecified atom stereocenters. The number of hydrogen-bond acceptors (Lipinski definition) is 5. The summed E-state index contributed by atoms with van der Waals surface area (Å²) in [4.78, 5) is 18.7. The van der Waals surface area contributed by atoms with Crippen molar-refractivity contribution in [1.29, 1.82) is 0 Å². The lowest BCUT2D eigenvalue weighted by Gasteiger charge is -2.35. The fourth-order valence-electron chi connectivity index (χ4n) is 6.34. The summed E-state index contributed by atoms with van der Waals surface area (Å²) in [6, 6.07) is 3.44. The molecule has 6 nitrogen and oxygen atoms in total. The lowest BCUT2D eigenvalue weighted by atomic mass is 9.81. The minimum absolute atomic E-state index is 0.0527. The van der Waals surface area contributed by atoms with E-state index in [-0.39, 0.29) is 35.3 Å². The smallest absolute Gasteiger partial charge is 0.258 e. The Morgan fingerprint density at radius 1 is 1.31 bits per heavy atom. The second-order valence-corrected chi connectivity index (χ2v) is 11.4. The van der Waals surface area contributed by atoms with Crippen molar-refractivity contribution in [3.8, 4) is 11.4 Å². The summed E-state index contributed by atoms with van der Waals surface area (Å²) >= 11 is 0. The van der Waals surface area contributed by atoms with Crippen LogP contribution in [0.3, 0.4) is 0 Å². The normalized spacial score (nSPS) is 22.3. The van der Waals surface area contributed by atoms with Gasteiger partial charge in [0.1, 0.15) is 23.8 Å². The van der Waals surface area contributed by atoms with E-state index in [9.17, 15) is 14.3 Å². The summed E-state index contributed by atoms with van der Waals surface area (Å²) in [5, 5.41) is 16.2. The number of halogens is 1. The van der Waals surface area contributed by atoms with Crippen molar-refractivity contribution in [3.05, 3.63) is 74.0 Å². The molecule has 3 aliphatic rings. The van der Waals surface area contributed by atoms with Crippen LogP contribution >= 0.6 is 0 Å². The number of nitrogens with one attached hydrogen (secondary N) is 1. The van der Waals surface area contributed by atoms with E-state index in [1.807, 2.05) is 19.9 Å². The van der Waals surface area contributed by atoms with Crippen LogP contribution < -0.4 is 10.9 Å². The predicted octanol–water partition coefficient (Wildman–Crippen LogP) is 4.89. The van der Waals surface area contributed by atoms with Gasteiger partial charge < -0.3 is 19.7 Å². The standard InChI is InChI=1S/C29H32FN3O3/c1-7-29(35)15(3)36-13-18-19(29)10-23-26-17(12-33(23)27(18)34)25-21(32-28(4,5)6)9-8-16-14(2)20(30)11-22(31-26)24(16)25/h10-11,21,32,35H,3,7-9,12-13H2,1-2,4-6H3/t21-,29+/m0/s1. The first kappa shape index (κ1) is 23.4. The maximum absolute atomic E-state index is 15.0. The molecule has 188 valence electrons. The van der Waals surface area contributed by atoms with Crippen molar-refractivity contribution >= 4 is 10.9 Å². The Kier molecular flexibility index (Phi) is 4.87. The van der Waals surface area contributed by atoms with Crippen LogP contribution in [0.4, 0.5) is 4.39 Å². The third-order valence-electron chi connectivity index (χ3n) is 8.15. The van der Waals surface area contributed by atoms with E-state index in [4.69, 9.17) is 9.72 Å². The molecular formula is C29H32FN3O3. The minimum atomic E-state index is -1.44. The van der Waals surface area contributed by atoms with Crippen molar-refractivity contribution < 1.29 is 14.2 Å². The minimum Gasteiger partial charge on any atom is -0.490 e. The quantitative estimate of drug-likeness (QED) is 0.419. The average molecular weight is 490 g/mol. The van der Waals surface area contributed by atoms with E-state index in [1.165, 1.54) is 6.07 Å². The van der Waals surface area contributed by atoms with E-state index < -0.39 is 5.60 Å². The van der Waals surface area contributed by atoms with Gasteiger partial charge in [-0.3, -0.25) is 4.79 Å². The molecule has 36 heavy (non-hydrogen) atoms. The molecule has 3 aromatic rings. The lowest BCUT2D eigenvalue weighted by molar-refractivity contribution is -0.0172. The number of benzene rings is 1. The summed E-state index contributed by atoms with van der Waals surface area (Å²) in [6.45, 7) is 14.5. The first-order valence-electron chi connectivity index (χ1n) is 12.7. The number of aliphatic hydroxyl groups is 1. The molecule has 0 amide bonds. The lowest BCUT2D eigenvalue weighted by Crippen LogP contribution is -2.40. The Labute approximate surface area is 209 Å². The molecule has 0 radical (unpaired) electrons. The van der Waals surface area contributed by atoms with Crippen LogP contribution in [0.1, 0.15) is 80.0 Å². The molecular weight excluding hydrogens is 457 g/mol. The van der Waals surface area contributed by atoms with Crippen molar-refractivity contribution in [1.82, 2.24) is 14.9 Å². The third kappa shape index (κ3) is 3.08. The number of fused-ring (bicyclic) bond motifs is 5. The highest BCUT2D eigenvalue weighted by Gasteiger charge is 2.42. The Morgan fingerprint density at radius 3 is 2.75 bits per heavy atom. The highest BCUT2D eigenvalue weighted by atomic mass is 19.1. The van der Waals surface area contributed by atoms with Crippen LogP contribution in [0.25, 0.3) is 22.3 Å². The van der Waals surface area contributed by atoms with Crippen LogP contribution in [-0.4, -0.2) is 20.2 Å². The number of nitrogens with zero attached hydrogens (tertiary/aromatic N) is 2. The van der Waals surface area contributed by atoms with E-state index in [0.717, 1.165) is 34.9 Å². The largest absolute Gasteiger partial charge is 0.490 e. The van der Waals surface area contributed by atoms with Crippen LogP contribution in [0.15, 0.2) is 29.3 Å². The van der Waals surface area contributed by atoms with E-state index in [2.05, 4.69) is 32.7 Å². The van der Waals surface area contributed by atoms with E-state index in [1.54, 1.807) is 4.57 Å². The predicted molar refractivity (Wildman–Crippen MR) is 137 cm³/mol. The fourth-order valence-corrected chi connectivity index (χ4v) is 6.34. The number of aromatic nitrogens is 2. The highest BCUT2D eigenvalue weighted by Crippen LogP contribution is 2.47. The molecule has 2 N–H and O–H groups in total. The van der Waals surface area contributed by atoms with Crippen LogP contribution in [0.2, 0.25) is 0 Å². The zero-order valence-corrected chi connectivity index (χ0v) is 21.5. The van der Waals surface area contributed by atoms with Gasteiger partial charge >= 0.3 is 0 Å². The van der Waals surface area contributed by atoms with Gasteiger partial charge in [0, 0.05) is 34.2 Å². The Bertz CT molecular complexity index is 1550. The summed E-state index contributed by atoms with van der Waals surface area (Å²) in [5.74, 6) is -0.00831. The first-order valence-corrected chi connectivity index (χ1v) is 12.7.